The van der Waals surface area contributed by atoms with Gasteiger partial charge in [-0.2, -0.15) is 0 Å². The lowest BCUT2D eigenvalue weighted by molar-refractivity contribution is -0.133. The van der Waals surface area contributed by atoms with E-state index in [-0.39, 0.29) is 5.75 Å². The fourth-order valence-corrected chi connectivity index (χ4v) is 3.40. The first-order chi connectivity index (χ1) is 8.70. The van der Waals surface area contributed by atoms with E-state index in [4.69, 9.17) is 9.84 Å². The summed E-state index contributed by atoms with van der Waals surface area (Å²) in [5.74, 6) is -0.816. The largest absolute Gasteiger partial charge is 0.481 e. The molecule has 2 rings (SSSR count). The van der Waals surface area contributed by atoms with Gasteiger partial charge in [0.15, 0.2) is 4.34 Å². The molecule has 1 saturated heterocycles. The van der Waals surface area contributed by atoms with Crippen molar-refractivity contribution in [3.05, 3.63) is 0 Å². The van der Waals surface area contributed by atoms with Gasteiger partial charge in [-0.15, -0.1) is 10.2 Å². The first kappa shape index (κ1) is 13.6. The Morgan fingerprint density at radius 2 is 2.50 bits per heavy atom. The topological polar surface area (TPSA) is 75.5 Å². The van der Waals surface area contributed by atoms with Crippen LogP contribution in [0.5, 0.6) is 0 Å². The standard InChI is InChI=1S/C10H15N3O3S2/c1-2-7-5-16-4-3-13(7)9-11-12-10(18-9)17-6-8(14)15/h7H,2-6H2,1H3,(H,14,15). The van der Waals surface area contributed by atoms with Crippen LogP contribution in [0.3, 0.4) is 0 Å². The van der Waals surface area contributed by atoms with E-state index in [1.54, 1.807) is 0 Å². The molecule has 0 amide bonds. The van der Waals surface area contributed by atoms with Gasteiger partial charge in [0.05, 0.1) is 25.0 Å². The zero-order chi connectivity index (χ0) is 13.0. The Hall–Kier alpha value is -0.860. The van der Waals surface area contributed by atoms with Crippen molar-refractivity contribution < 1.29 is 14.6 Å². The van der Waals surface area contributed by atoms with Crippen LogP contribution >= 0.6 is 23.1 Å². The van der Waals surface area contributed by atoms with E-state index in [2.05, 4.69) is 22.0 Å². The molecular formula is C10H15N3O3S2. The van der Waals surface area contributed by atoms with Crippen LogP contribution in [0.25, 0.3) is 0 Å². The Labute approximate surface area is 113 Å². The van der Waals surface area contributed by atoms with E-state index in [0.717, 1.165) is 18.1 Å². The molecule has 0 aromatic carbocycles. The first-order valence-corrected chi connectivity index (χ1v) is 7.53. The average molecular weight is 289 g/mol. The summed E-state index contributed by atoms with van der Waals surface area (Å²) in [5.41, 5.74) is 0. The highest BCUT2D eigenvalue weighted by Gasteiger charge is 2.24. The van der Waals surface area contributed by atoms with Crippen LogP contribution in [0.15, 0.2) is 4.34 Å². The number of thioether (sulfide) groups is 1. The second kappa shape index (κ2) is 6.35. The lowest BCUT2D eigenvalue weighted by Gasteiger charge is -2.34. The van der Waals surface area contributed by atoms with Gasteiger partial charge in [0.1, 0.15) is 0 Å². The van der Waals surface area contributed by atoms with E-state index in [1.165, 1.54) is 23.1 Å². The summed E-state index contributed by atoms with van der Waals surface area (Å²) in [7, 11) is 0. The van der Waals surface area contributed by atoms with E-state index in [0.29, 0.717) is 23.6 Å². The number of hydrogen-bond donors (Lipinski definition) is 1. The van der Waals surface area contributed by atoms with Gasteiger partial charge in [-0.3, -0.25) is 4.79 Å². The minimum atomic E-state index is -0.838. The molecule has 0 radical (unpaired) electrons. The number of carboxylic acids is 1. The smallest absolute Gasteiger partial charge is 0.313 e. The summed E-state index contributed by atoms with van der Waals surface area (Å²) in [6.07, 6.45) is 0.997. The molecule has 1 fully saturated rings. The number of anilines is 1. The summed E-state index contributed by atoms with van der Waals surface area (Å²) in [6.45, 7) is 4.35. The van der Waals surface area contributed by atoms with Crippen molar-refractivity contribution >= 4 is 34.2 Å². The Bertz CT molecular complexity index is 413. The molecule has 1 aromatic heterocycles. The molecule has 18 heavy (non-hydrogen) atoms. The number of hydrogen-bond acceptors (Lipinski definition) is 7. The third kappa shape index (κ3) is 3.33. The lowest BCUT2D eigenvalue weighted by atomic mass is 10.2. The molecular weight excluding hydrogens is 274 g/mol. The minimum absolute atomic E-state index is 0.0228. The van der Waals surface area contributed by atoms with Crippen LogP contribution in [0.4, 0.5) is 5.13 Å². The predicted molar refractivity (Wildman–Crippen MR) is 70.5 cm³/mol. The average Bonchev–Trinajstić information content (AvgIpc) is 2.85. The number of ether oxygens (including phenoxy) is 1. The maximum atomic E-state index is 10.5. The quantitative estimate of drug-likeness (QED) is 0.819. The van der Waals surface area contributed by atoms with E-state index < -0.39 is 5.97 Å². The summed E-state index contributed by atoms with van der Waals surface area (Å²) in [5, 5.41) is 17.6. The summed E-state index contributed by atoms with van der Waals surface area (Å²) in [6, 6.07) is 0.337. The zero-order valence-electron chi connectivity index (χ0n) is 10.0. The lowest BCUT2D eigenvalue weighted by Crippen LogP contribution is -2.45. The Kier molecular flexibility index (Phi) is 4.79. The van der Waals surface area contributed by atoms with Crippen LogP contribution in [-0.2, 0) is 9.53 Å². The highest BCUT2D eigenvalue weighted by Crippen LogP contribution is 2.30. The van der Waals surface area contributed by atoms with Gasteiger partial charge in [0.2, 0.25) is 5.13 Å². The molecule has 1 aromatic rings. The van der Waals surface area contributed by atoms with Crippen molar-refractivity contribution in [3.63, 3.8) is 0 Å². The van der Waals surface area contributed by atoms with Gasteiger partial charge in [0, 0.05) is 6.54 Å². The Morgan fingerprint density at radius 3 is 3.22 bits per heavy atom. The van der Waals surface area contributed by atoms with Crippen LogP contribution in [0.1, 0.15) is 13.3 Å². The van der Waals surface area contributed by atoms with E-state index in [9.17, 15) is 4.79 Å². The molecule has 0 bridgehead atoms. The van der Waals surface area contributed by atoms with E-state index in [1.807, 2.05) is 0 Å². The fraction of sp³-hybridized carbons (Fsp3) is 0.700. The molecule has 1 unspecified atom stereocenters. The SMILES string of the molecule is CCC1COCCN1c1nnc(SCC(=O)O)s1. The van der Waals surface area contributed by atoms with Crippen LogP contribution < -0.4 is 4.90 Å². The van der Waals surface area contributed by atoms with Crippen molar-refractivity contribution in [2.75, 3.05) is 30.4 Å². The second-order valence-electron chi connectivity index (χ2n) is 3.86. The van der Waals surface area contributed by atoms with Crippen LogP contribution in [0, 0.1) is 0 Å². The number of aromatic nitrogens is 2. The first-order valence-electron chi connectivity index (χ1n) is 5.73. The number of morpholine rings is 1. The summed E-state index contributed by atoms with van der Waals surface area (Å²) in [4.78, 5) is 12.7. The molecule has 0 aliphatic carbocycles. The maximum absolute atomic E-state index is 10.5. The Balaban J connectivity index is 2.01. The Morgan fingerprint density at radius 1 is 1.67 bits per heavy atom. The molecule has 8 heteroatoms. The minimum Gasteiger partial charge on any atom is -0.481 e. The van der Waals surface area contributed by atoms with Crippen LogP contribution in [-0.4, -0.2) is 52.8 Å². The summed E-state index contributed by atoms with van der Waals surface area (Å²) >= 11 is 2.66. The molecule has 6 nitrogen and oxygen atoms in total. The molecule has 0 spiro atoms. The molecule has 1 atom stereocenters. The molecule has 100 valence electrons. The number of carboxylic acid groups (broad SMARTS) is 1. The molecule has 0 saturated carbocycles. The molecule has 1 aliphatic rings. The molecule has 1 N–H and O–H groups in total. The number of aliphatic carboxylic acids is 1. The molecule has 1 aliphatic heterocycles. The third-order valence-corrected chi connectivity index (χ3v) is 4.74. The van der Waals surface area contributed by atoms with Crippen LogP contribution in [0.2, 0.25) is 0 Å². The predicted octanol–water partition coefficient (Wildman–Crippen LogP) is 1.33. The van der Waals surface area contributed by atoms with Gasteiger partial charge >= 0.3 is 5.97 Å². The maximum Gasteiger partial charge on any atom is 0.313 e. The van der Waals surface area contributed by atoms with Crippen molar-refractivity contribution in [2.24, 2.45) is 0 Å². The van der Waals surface area contributed by atoms with Crippen molar-refractivity contribution in [1.82, 2.24) is 10.2 Å². The van der Waals surface area contributed by atoms with Gasteiger partial charge in [-0.25, -0.2) is 0 Å². The number of nitrogens with zero attached hydrogens (tertiary/aromatic N) is 3. The number of carbonyl (C=O) groups is 1. The summed E-state index contributed by atoms with van der Waals surface area (Å²) < 4.78 is 6.14. The van der Waals surface area contributed by atoms with Gasteiger partial charge in [0.25, 0.3) is 0 Å². The number of rotatable bonds is 5. The van der Waals surface area contributed by atoms with Crippen molar-refractivity contribution in [3.8, 4) is 0 Å². The monoisotopic (exact) mass is 289 g/mol. The molecule has 2 heterocycles. The van der Waals surface area contributed by atoms with Crippen molar-refractivity contribution in [1.29, 1.82) is 0 Å². The zero-order valence-corrected chi connectivity index (χ0v) is 11.7. The fourth-order valence-electron chi connectivity index (χ4n) is 1.75. The van der Waals surface area contributed by atoms with E-state index >= 15 is 0 Å². The highest BCUT2D eigenvalue weighted by molar-refractivity contribution is 8.01. The van der Waals surface area contributed by atoms with Gasteiger partial charge in [-0.05, 0) is 6.42 Å². The normalized spacial score (nSPS) is 20.1. The highest BCUT2D eigenvalue weighted by atomic mass is 32.2. The second-order valence-corrected chi connectivity index (χ2v) is 6.04. The van der Waals surface area contributed by atoms with Gasteiger partial charge in [-0.1, -0.05) is 30.0 Å². The van der Waals surface area contributed by atoms with Crippen molar-refractivity contribution in [2.45, 2.75) is 23.7 Å². The third-order valence-electron chi connectivity index (χ3n) is 2.66. The van der Waals surface area contributed by atoms with Gasteiger partial charge < -0.3 is 14.7 Å².